The average Bonchev–Trinajstić information content (AvgIpc) is 3.54. The van der Waals surface area contributed by atoms with Gasteiger partial charge in [-0.1, -0.05) is 29.8 Å². The van der Waals surface area contributed by atoms with Crippen LogP contribution in [-0.4, -0.2) is 35.8 Å². The zero-order valence-electron chi connectivity index (χ0n) is 17.9. The molecule has 0 atom stereocenters. The summed E-state index contributed by atoms with van der Waals surface area (Å²) < 4.78 is 39.7. The SMILES string of the molecule is Cc1cccc(C)c1NC(=O)CN(CCC(=O)Nc1ccc(Cl)cc1C(F)(F)F)C1CC1. The molecule has 2 aromatic rings. The number of aryl methyl sites for hydroxylation is 2. The molecule has 32 heavy (non-hydrogen) atoms. The second-order valence-corrected chi connectivity index (χ2v) is 8.44. The Bertz CT molecular complexity index is 986. The first kappa shape index (κ1) is 24.1. The molecule has 2 aromatic carbocycles. The summed E-state index contributed by atoms with van der Waals surface area (Å²) in [5.74, 6) is -0.745. The lowest BCUT2D eigenvalue weighted by molar-refractivity contribution is -0.137. The number of hydrogen-bond acceptors (Lipinski definition) is 3. The molecule has 5 nitrogen and oxygen atoms in total. The van der Waals surface area contributed by atoms with Gasteiger partial charge in [-0.05, 0) is 56.0 Å². The van der Waals surface area contributed by atoms with Crippen LogP contribution in [0.5, 0.6) is 0 Å². The van der Waals surface area contributed by atoms with Gasteiger partial charge in [0, 0.05) is 29.7 Å². The van der Waals surface area contributed by atoms with E-state index in [4.69, 9.17) is 11.6 Å². The highest BCUT2D eigenvalue weighted by molar-refractivity contribution is 6.30. The monoisotopic (exact) mass is 467 g/mol. The van der Waals surface area contributed by atoms with E-state index in [1.807, 2.05) is 36.9 Å². The second-order valence-electron chi connectivity index (χ2n) is 8.00. The fourth-order valence-corrected chi connectivity index (χ4v) is 3.70. The van der Waals surface area contributed by atoms with Crippen molar-refractivity contribution >= 4 is 34.8 Å². The number of carbonyl (C=O) groups is 2. The predicted octanol–water partition coefficient (Wildman–Crippen LogP) is 5.41. The second kappa shape index (κ2) is 9.92. The smallest absolute Gasteiger partial charge is 0.325 e. The molecule has 0 bridgehead atoms. The van der Waals surface area contributed by atoms with Crippen molar-refractivity contribution in [2.75, 3.05) is 23.7 Å². The standard InChI is InChI=1S/C23H25ClF3N3O2/c1-14-4-3-5-15(2)22(14)29-21(32)13-30(17-7-8-17)11-10-20(31)28-19-9-6-16(24)12-18(19)23(25,26)27/h3-6,9,12,17H,7-8,10-11,13H2,1-2H3,(H,28,31)(H,29,32). The van der Waals surface area contributed by atoms with Gasteiger partial charge in [-0.3, -0.25) is 14.5 Å². The highest BCUT2D eigenvalue weighted by Crippen LogP contribution is 2.36. The lowest BCUT2D eigenvalue weighted by Gasteiger charge is -2.22. The van der Waals surface area contributed by atoms with E-state index < -0.39 is 17.6 Å². The van der Waals surface area contributed by atoms with Crippen molar-refractivity contribution in [3.63, 3.8) is 0 Å². The highest BCUT2D eigenvalue weighted by atomic mass is 35.5. The Morgan fingerprint density at radius 2 is 1.72 bits per heavy atom. The van der Waals surface area contributed by atoms with Crippen LogP contribution in [0.1, 0.15) is 36.0 Å². The molecule has 3 rings (SSSR count). The summed E-state index contributed by atoms with van der Waals surface area (Å²) in [5, 5.41) is 5.19. The molecule has 2 N–H and O–H groups in total. The third-order valence-corrected chi connectivity index (χ3v) is 5.58. The molecule has 9 heteroatoms. The van der Waals surface area contributed by atoms with Crippen LogP contribution in [0.15, 0.2) is 36.4 Å². The molecule has 1 saturated carbocycles. The van der Waals surface area contributed by atoms with E-state index in [2.05, 4.69) is 10.6 Å². The summed E-state index contributed by atoms with van der Waals surface area (Å²) in [5.41, 5.74) is 1.36. The Kier molecular flexibility index (Phi) is 7.46. The predicted molar refractivity (Wildman–Crippen MR) is 119 cm³/mol. The van der Waals surface area contributed by atoms with Crippen molar-refractivity contribution in [2.45, 2.75) is 45.3 Å². The minimum Gasteiger partial charge on any atom is -0.325 e. The van der Waals surface area contributed by atoms with Crippen LogP contribution < -0.4 is 10.6 Å². The quantitative estimate of drug-likeness (QED) is 0.546. The molecule has 0 saturated heterocycles. The molecule has 0 radical (unpaired) electrons. The number of para-hydroxylation sites is 1. The van der Waals surface area contributed by atoms with Crippen LogP contribution >= 0.6 is 11.6 Å². The number of anilines is 2. The van der Waals surface area contributed by atoms with Crippen LogP contribution in [-0.2, 0) is 15.8 Å². The van der Waals surface area contributed by atoms with Gasteiger partial charge in [0.1, 0.15) is 0 Å². The van der Waals surface area contributed by atoms with E-state index >= 15 is 0 Å². The number of halogens is 4. The van der Waals surface area contributed by atoms with E-state index in [-0.39, 0.29) is 42.2 Å². The molecule has 0 unspecified atom stereocenters. The molecule has 1 aliphatic rings. The third kappa shape index (κ3) is 6.46. The Morgan fingerprint density at radius 1 is 1.06 bits per heavy atom. The number of carbonyl (C=O) groups excluding carboxylic acids is 2. The van der Waals surface area contributed by atoms with Crippen molar-refractivity contribution < 1.29 is 22.8 Å². The van der Waals surface area contributed by atoms with Crippen molar-refractivity contribution in [3.8, 4) is 0 Å². The number of amides is 2. The third-order valence-electron chi connectivity index (χ3n) is 5.34. The van der Waals surface area contributed by atoms with Gasteiger partial charge in [-0.15, -0.1) is 0 Å². The van der Waals surface area contributed by atoms with Crippen LogP contribution in [0.25, 0.3) is 0 Å². The summed E-state index contributed by atoms with van der Waals surface area (Å²) >= 11 is 5.67. The Balaban J connectivity index is 1.59. The molecular weight excluding hydrogens is 443 g/mol. The first-order chi connectivity index (χ1) is 15.0. The molecule has 1 fully saturated rings. The molecule has 0 heterocycles. The van der Waals surface area contributed by atoms with E-state index in [1.165, 1.54) is 6.07 Å². The number of rotatable bonds is 8. The van der Waals surface area contributed by atoms with E-state index in [0.717, 1.165) is 41.8 Å². The number of nitrogens with zero attached hydrogens (tertiary/aromatic N) is 1. The minimum absolute atomic E-state index is 0.0346. The molecule has 1 aliphatic carbocycles. The first-order valence-corrected chi connectivity index (χ1v) is 10.7. The van der Waals surface area contributed by atoms with Gasteiger partial charge in [0.25, 0.3) is 0 Å². The summed E-state index contributed by atoms with van der Waals surface area (Å²) in [6.45, 7) is 4.21. The fraction of sp³-hybridized carbons (Fsp3) is 0.391. The Labute approximate surface area is 189 Å². The number of hydrogen-bond donors (Lipinski definition) is 2. The van der Waals surface area contributed by atoms with Gasteiger partial charge in [0.05, 0.1) is 17.8 Å². The Hall–Kier alpha value is -2.58. The van der Waals surface area contributed by atoms with Crippen molar-refractivity contribution in [2.24, 2.45) is 0 Å². The van der Waals surface area contributed by atoms with Crippen LogP contribution in [0, 0.1) is 13.8 Å². The van der Waals surface area contributed by atoms with Gasteiger partial charge in [-0.25, -0.2) is 0 Å². The van der Waals surface area contributed by atoms with Gasteiger partial charge >= 0.3 is 6.18 Å². The van der Waals surface area contributed by atoms with Crippen molar-refractivity contribution in [1.82, 2.24) is 4.90 Å². The van der Waals surface area contributed by atoms with Crippen LogP contribution in [0.2, 0.25) is 5.02 Å². The topological polar surface area (TPSA) is 61.4 Å². The maximum absolute atomic E-state index is 13.2. The summed E-state index contributed by atoms with van der Waals surface area (Å²) in [6, 6.07) is 9.16. The van der Waals surface area contributed by atoms with Crippen molar-refractivity contribution in [1.29, 1.82) is 0 Å². The molecule has 2 amide bonds. The highest BCUT2D eigenvalue weighted by Gasteiger charge is 2.34. The lowest BCUT2D eigenvalue weighted by atomic mass is 10.1. The van der Waals surface area contributed by atoms with Gasteiger partial charge in [-0.2, -0.15) is 13.2 Å². The number of nitrogens with one attached hydrogen (secondary N) is 2. The molecule has 0 aromatic heterocycles. The molecule has 0 spiro atoms. The summed E-state index contributed by atoms with van der Waals surface area (Å²) in [4.78, 5) is 26.8. The van der Waals surface area contributed by atoms with Crippen LogP contribution in [0.4, 0.5) is 24.5 Å². The van der Waals surface area contributed by atoms with Crippen LogP contribution in [0.3, 0.4) is 0 Å². The zero-order chi connectivity index (χ0) is 23.5. The van der Waals surface area contributed by atoms with Crippen molar-refractivity contribution in [3.05, 3.63) is 58.1 Å². The summed E-state index contributed by atoms with van der Waals surface area (Å²) in [6.07, 6.45) is -2.83. The number of benzene rings is 2. The summed E-state index contributed by atoms with van der Waals surface area (Å²) in [7, 11) is 0. The normalized spacial score (nSPS) is 13.8. The Morgan fingerprint density at radius 3 is 2.31 bits per heavy atom. The van der Waals surface area contributed by atoms with E-state index in [9.17, 15) is 22.8 Å². The fourth-order valence-electron chi connectivity index (χ4n) is 3.52. The van der Waals surface area contributed by atoms with Gasteiger partial charge in [0.15, 0.2) is 0 Å². The minimum atomic E-state index is -4.64. The average molecular weight is 468 g/mol. The largest absolute Gasteiger partial charge is 0.418 e. The molecular formula is C23H25ClF3N3O2. The molecule has 172 valence electrons. The maximum atomic E-state index is 13.2. The lowest BCUT2D eigenvalue weighted by Crippen LogP contribution is -2.37. The number of alkyl halides is 3. The molecule has 0 aliphatic heterocycles. The van der Waals surface area contributed by atoms with Gasteiger partial charge in [0.2, 0.25) is 11.8 Å². The van der Waals surface area contributed by atoms with E-state index in [1.54, 1.807) is 0 Å². The van der Waals surface area contributed by atoms with E-state index in [0.29, 0.717) is 0 Å². The van der Waals surface area contributed by atoms with Gasteiger partial charge < -0.3 is 10.6 Å². The maximum Gasteiger partial charge on any atom is 0.418 e. The first-order valence-electron chi connectivity index (χ1n) is 10.3. The zero-order valence-corrected chi connectivity index (χ0v) is 18.6.